The van der Waals surface area contributed by atoms with E-state index in [1.807, 2.05) is 19.1 Å². The number of ether oxygens (including phenoxy) is 1. The molecule has 0 aliphatic heterocycles. The first kappa shape index (κ1) is 14.4. The molecule has 1 aromatic rings. The second-order valence-corrected chi connectivity index (χ2v) is 5.31. The summed E-state index contributed by atoms with van der Waals surface area (Å²) in [7, 11) is 0. The van der Waals surface area contributed by atoms with Crippen LogP contribution in [0.4, 0.5) is 4.39 Å². The van der Waals surface area contributed by atoms with Gasteiger partial charge in [-0.25, -0.2) is 4.39 Å². The second kappa shape index (κ2) is 6.98. The van der Waals surface area contributed by atoms with Crippen molar-refractivity contribution in [1.29, 1.82) is 0 Å². The van der Waals surface area contributed by atoms with E-state index in [1.165, 1.54) is 6.07 Å². The number of rotatable bonds is 7. The minimum atomic E-state index is -0.149. The Labute approximate surface area is 114 Å². The predicted molar refractivity (Wildman–Crippen MR) is 74.0 cm³/mol. The number of nitrogens with one attached hydrogen (secondary N) is 1. The van der Waals surface area contributed by atoms with Gasteiger partial charge in [0, 0.05) is 12.6 Å². The zero-order valence-electron chi connectivity index (χ0n) is 11.4. The summed E-state index contributed by atoms with van der Waals surface area (Å²) < 4.78 is 19.1. The van der Waals surface area contributed by atoms with Crippen LogP contribution >= 0.6 is 0 Å². The first-order chi connectivity index (χ1) is 9.22. The van der Waals surface area contributed by atoms with Gasteiger partial charge in [-0.05, 0) is 50.2 Å². The molecule has 0 amide bonds. The lowest BCUT2D eigenvalue weighted by atomic mass is 9.77. The number of hydrazine groups is 1. The Morgan fingerprint density at radius 3 is 2.79 bits per heavy atom. The van der Waals surface area contributed by atoms with Crippen LogP contribution in [-0.2, 0) is 11.2 Å². The molecule has 1 fully saturated rings. The summed E-state index contributed by atoms with van der Waals surface area (Å²) in [5.74, 6) is 6.08. The minimum Gasteiger partial charge on any atom is -0.378 e. The van der Waals surface area contributed by atoms with Crippen molar-refractivity contribution in [2.45, 2.75) is 44.8 Å². The molecule has 1 atom stereocenters. The summed E-state index contributed by atoms with van der Waals surface area (Å²) in [6.07, 6.45) is 4.24. The fourth-order valence-corrected chi connectivity index (χ4v) is 2.78. The average Bonchev–Trinajstić information content (AvgIpc) is 2.37. The van der Waals surface area contributed by atoms with Crippen LogP contribution in [0.5, 0.6) is 0 Å². The summed E-state index contributed by atoms with van der Waals surface area (Å²) in [5, 5.41) is 0. The molecule has 1 aliphatic rings. The van der Waals surface area contributed by atoms with Gasteiger partial charge in [0.25, 0.3) is 0 Å². The summed E-state index contributed by atoms with van der Waals surface area (Å²) in [5.41, 5.74) is 3.54. The van der Waals surface area contributed by atoms with Crippen LogP contribution in [0, 0.1) is 11.7 Å². The van der Waals surface area contributed by atoms with Crippen LogP contribution in [0.3, 0.4) is 0 Å². The van der Waals surface area contributed by atoms with Gasteiger partial charge in [0.15, 0.2) is 0 Å². The quantitative estimate of drug-likeness (QED) is 0.588. The highest BCUT2D eigenvalue weighted by Gasteiger charge is 2.31. The van der Waals surface area contributed by atoms with Gasteiger partial charge in [-0.1, -0.05) is 18.2 Å². The summed E-state index contributed by atoms with van der Waals surface area (Å²) >= 11 is 0. The number of hydrogen-bond donors (Lipinski definition) is 2. The zero-order valence-corrected chi connectivity index (χ0v) is 11.4. The molecular weight excluding hydrogens is 243 g/mol. The molecule has 1 unspecified atom stereocenters. The predicted octanol–water partition coefficient (Wildman–Crippen LogP) is 2.41. The van der Waals surface area contributed by atoms with Crippen molar-refractivity contribution in [1.82, 2.24) is 5.43 Å². The van der Waals surface area contributed by atoms with Crippen molar-refractivity contribution in [3.05, 3.63) is 35.6 Å². The molecule has 0 heterocycles. The smallest absolute Gasteiger partial charge is 0.126 e. The van der Waals surface area contributed by atoms with E-state index in [1.54, 1.807) is 6.07 Å². The molecule has 2 rings (SSSR count). The number of benzene rings is 1. The van der Waals surface area contributed by atoms with E-state index in [0.717, 1.165) is 31.4 Å². The van der Waals surface area contributed by atoms with Crippen LogP contribution in [0.25, 0.3) is 0 Å². The molecule has 1 aliphatic carbocycles. The van der Waals surface area contributed by atoms with E-state index in [2.05, 4.69) is 5.43 Å². The lowest BCUT2D eigenvalue weighted by Crippen LogP contribution is -2.42. The fourth-order valence-electron chi connectivity index (χ4n) is 2.78. The molecular formula is C15H23FN2O. The van der Waals surface area contributed by atoms with Gasteiger partial charge in [-0.15, -0.1) is 0 Å². The summed E-state index contributed by atoms with van der Waals surface area (Å²) in [6.45, 7) is 2.81. The van der Waals surface area contributed by atoms with Gasteiger partial charge in [0.05, 0.1) is 6.10 Å². The van der Waals surface area contributed by atoms with Crippen molar-refractivity contribution in [2.24, 2.45) is 11.8 Å². The lowest BCUT2D eigenvalue weighted by Gasteiger charge is -2.37. The Morgan fingerprint density at radius 1 is 1.42 bits per heavy atom. The average molecular weight is 266 g/mol. The number of nitrogens with two attached hydrogens (primary N) is 1. The maximum atomic E-state index is 13.6. The third kappa shape index (κ3) is 4.00. The molecule has 0 spiro atoms. The van der Waals surface area contributed by atoms with Crippen LogP contribution in [-0.4, -0.2) is 18.8 Å². The van der Waals surface area contributed by atoms with Gasteiger partial charge in [-0.2, -0.15) is 0 Å². The molecule has 0 saturated heterocycles. The molecule has 19 heavy (non-hydrogen) atoms. The van der Waals surface area contributed by atoms with E-state index in [9.17, 15) is 4.39 Å². The SMILES string of the molecule is CCOC1CC(CC(Cc2ccccc2F)NN)C1. The standard InChI is InChI=1S/C15H23FN2O/c1-2-19-14-8-11(9-14)7-13(18-17)10-12-5-3-4-6-15(12)16/h3-6,11,13-14,18H,2,7-10,17H2,1H3. The molecule has 3 nitrogen and oxygen atoms in total. The van der Waals surface area contributed by atoms with Crippen molar-refractivity contribution in [3.63, 3.8) is 0 Å². The Kier molecular flexibility index (Phi) is 5.31. The van der Waals surface area contributed by atoms with Gasteiger partial charge in [-0.3, -0.25) is 11.3 Å². The van der Waals surface area contributed by atoms with Gasteiger partial charge < -0.3 is 4.74 Å². The Balaban J connectivity index is 1.80. The highest BCUT2D eigenvalue weighted by atomic mass is 19.1. The lowest BCUT2D eigenvalue weighted by molar-refractivity contribution is -0.0290. The van der Waals surface area contributed by atoms with Crippen molar-refractivity contribution in [2.75, 3.05) is 6.61 Å². The van der Waals surface area contributed by atoms with Crippen LogP contribution in [0.1, 0.15) is 31.7 Å². The Bertz CT molecular complexity index is 393. The molecule has 3 N–H and O–H groups in total. The monoisotopic (exact) mass is 266 g/mol. The largest absolute Gasteiger partial charge is 0.378 e. The highest BCUT2D eigenvalue weighted by molar-refractivity contribution is 5.18. The van der Waals surface area contributed by atoms with Crippen molar-refractivity contribution in [3.8, 4) is 0 Å². The molecule has 0 radical (unpaired) electrons. The van der Waals surface area contributed by atoms with E-state index in [-0.39, 0.29) is 11.9 Å². The minimum absolute atomic E-state index is 0.129. The van der Waals surface area contributed by atoms with Gasteiger partial charge >= 0.3 is 0 Å². The Morgan fingerprint density at radius 2 is 2.16 bits per heavy atom. The number of halogens is 1. The van der Waals surface area contributed by atoms with Crippen molar-refractivity contribution < 1.29 is 9.13 Å². The van der Waals surface area contributed by atoms with E-state index >= 15 is 0 Å². The van der Waals surface area contributed by atoms with E-state index < -0.39 is 0 Å². The maximum absolute atomic E-state index is 13.6. The summed E-state index contributed by atoms with van der Waals surface area (Å²) in [4.78, 5) is 0. The third-order valence-corrected chi connectivity index (χ3v) is 3.87. The zero-order chi connectivity index (χ0) is 13.7. The van der Waals surface area contributed by atoms with Gasteiger partial charge in [0.1, 0.15) is 5.82 Å². The fraction of sp³-hybridized carbons (Fsp3) is 0.600. The van der Waals surface area contributed by atoms with Crippen molar-refractivity contribution >= 4 is 0 Å². The highest BCUT2D eigenvalue weighted by Crippen LogP contribution is 2.34. The molecule has 1 saturated carbocycles. The van der Waals surface area contributed by atoms with E-state index in [4.69, 9.17) is 10.6 Å². The number of hydrogen-bond acceptors (Lipinski definition) is 3. The third-order valence-electron chi connectivity index (χ3n) is 3.87. The second-order valence-electron chi connectivity index (χ2n) is 5.31. The first-order valence-electron chi connectivity index (χ1n) is 7.04. The van der Waals surface area contributed by atoms with Crippen LogP contribution in [0.15, 0.2) is 24.3 Å². The normalized spacial score (nSPS) is 23.9. The first-order valence-corrected chi connectivity index (χ1v) is 7.04. The molecule has 106 valence electrons. The molecule has 1 aromatic carbocycles. The molecule has 0 bridgehead atoms. The Hall–Kier alpha value is -0.970. The summed E-state index contributed by atoms with van der Waals surface area (Å²) in [6, 6.07) is 7.02. The van der Waals surface area contributed by atoms with E-state index in [0.29, 0.717) is 18.4 Å². The maximum Gasteiger partial charge on any atom is 0.126 e. The molecule has 4 heteroatoms. The van der Waals surface area contributed by atoms with Crippen LogP contribution in [0.2, 0.25) is 0 Å². The molecule has 0 aromatic heterocycles. The topological polar surface area (TPSA) is 47.3 Å². The van der Waals surface area contributed by atoms with Gasteiger partial charge in [0.2, 0.25) is 0 Å². The van der Waals surface area contributed by atoms with Crippen LogP contribution < -0.4 is 11.3 Å².